The molecule has 3 heteroatoms. The van der Waals surface area contributed by atoms with Gasteiger partial charge in [-0.1, -0.05) is 6.58 Å². The third-order valence-corrected chi connectivity index (χ3v) is 1.10. The molecule has 0 aromatic carbocycles. The predicted molar refractivity (Wildman–Crippen MR) is 32.1 cm³/mol. The molecule has 50 valence electrons. The van der Waals surface area contributed by atoms with Gasteiger partial charge in [-0.05, 0) is 0 Å². The van der Waals surface area contributed by atoms with Gasteiger partial charge in [-0.15, -0.1) is 0 Å². The van der Waals surface area contributed by atoms with Crippen molar-refractivity contribution in [3.05, 3.63) is 24.8 Å². The van der Waals surface area contributed by atoms with Crippen molar-refractivity contribution in [1.82, 2.24) is 4.98 Å². The van der Waals surface area contributed by atoms with Gasteiger partial charge in [0.05, 0.1) is 7.05 Å². The van der Waals surface area contributed by atoms with Gasteiger partial charge in [-0.25, -0.2) is 9.55 Å². The summed E-state index contributed by atoms with van der Waals surface area (Å²) >= 11 is 0. The molecule has 0 saturated carbocycles. The fraction of sp³-hybridized carbons (Fsp3) is 0.167. The predicted octanol–water partition coefficient (Wildman–Crippen LogP) is -2.51. The Labute approximate surface area is 60.6 Å². The van der Waals surface area contributed by atoms with E-state index in [1.807, 2.05) is 24.0 Å². The number of rotatable bonds is 1. The van der Waals surface area contributed by atoms with E-state index >= 15 is 0 Å². The number of aryl methyl sites for hydroxylation is 1. The van der Waals surface area contributed by atoms with Gasteiger partial charge < -0.3 is 12.4 Å². The molecule has 0 atom stereocenters. The standard InChI is InChI=1S/C6H8N2.ClH/c1-3-6-7-4-5-8(6)2;/h3-5H,1H2,2H3;1H. The molecule has 0 unspecified atom stereocenters. The molecule has 0 radical (unpaired) electrons. The molecule has 1 N–H and O–H groups in total. The molecule has 0 amide bonds. The molecule has 0 saturated heterocycles. The van der Waals surface area contributed by atoms with E-state index in [0.717, 1.165) is 5.82 Å². The molecular formula is C6H9ClN2. The highest BCUT2D eigenvalue weighted by atomic mass is 35.5. The largest absolute Gasteiger partial charge is 1.00 e. The van der Waals surface area contributed by atoms with E-state index in [1.54, 1.807) is 6.08 Å². The maximum atomic E-state index is 3.61. The number of H-pyrrole nitrogens is 1. The minimum atomic E-state index is 0. The summed E-state index contributed by atoms with van der Waals surface area (Å²) in [7, 11) is 1.97. The van der Waals surface area contributed by atoms with Crippen molar-refractivity contribution in [1.29, 1.82) is 0 Å². The number of hydrogen-bond donors (Lipinski definition) is 1. The lowest BCUT2D eigenvalue weighted by atomic mass is 10.6. The number of imidazole rings is 1. The van der Waals surface area contributed by atoms with Crippen LogP contribution in [0.4, 0.5) is 0 Å². The second-order valence-corrected chi connectivity index (χ2v) is 1.66. The normalized spacial score (nSPS) is 8.11. The van der Waals surface area contributed by atoms with Crippen LogP contribution in [0.25, 0.3) is 6.08 Å². The van der Waals surface area contributed by atoms with Gasteiger partial charge in [0.1, 0.15) is 12.4 Å². The minimum absolute atomic E-state index is 0. The van der Waals surface area contributed by atoms with E-state index in [9.17, 15) is 0 Å². The maximum absolute atomic E-state index is 3.61. The first-order chi connectivity index (χ1) is 3.84. The maximum Gasteiger partial charge on any atom is 0.278 e. The first-order valence-corrected chi connectivity index (χ1v) is 2.50. The zero-order valence-corrected chi connectivity index (χ0v) is 6.02. The molecule has 9 heavy (non-hydrogen) atoms. The van der Waals surface area contributed by atoms with E-state index in [4.69, 9.17) is 0 Å². The fourth-order valence-corrected chi connectivity index (χ4v) is 0.619. The van der Waals surface area contributed by atoms with Crippen molar-refractivity contribution in [3.8, 4) is 0 Å². The fourth-order valence-electron chi connectivity index (χ4n) is 0.619. The monoisotopic (exact) mass is 144 g/mol. The van der Waals surface area contributed by atoms with Gasteiger partial charge in [0.15, 0.2) is 0 Å². The molecule has 1 heterocycles. The molecule has 1 rings (SSSR count). The molecule has 0 aliphatic carbocycles. The van der Waals surface area contributed by atoms with Gasteiger partial charge >= 0.3 is 0 Å². The topological polar surface area (TPSA) is 19.7 Å². The highest BCUT2D eigenvalue weighted by Gasteiger charge is 1.96. The van der Waals surface area contributed by atoms with Crippen LogP contribution in [0.1, 0.15) is 5.82 Å². The number of nitrogens with one attached hydrogen (secondary N) is 1. The van der Waals surface area contributed by atoms with Crippen LogP contribution >= 0.6 is 0 Å². The Bertz CT molecular complexity index is 193. The van der Waals surface area contributed by atoms with Crippen LogP contribution in [-0.4, -0.2) is 4.98 Å². The smallest absolute Gasteiger partial charge is 0.278 e. The molecule has 0 bridgehead atoms. The van der Waals surface area contributed by atoms with Crippen LogP contribution in [0.3, 0.4) is 0 Å². The molecule has 0 aliphatic heterocycles. The third-order valence-electron chi connectivity index (χ3n) is 1.10. The lowest BCUT2D eigenvalue weighted by Gasteiger charge is -1.79. The Morgan fingerprint density at radius 2 is 2.44 bits per heavy atom. The van der Waals surface area contributed by atoms with Crippen LogP contribution < -0.4 is 17.0 Å². The van der Waals surface area contributed by atoms with Crippen LogP contribution in [0.15, 0.2) is 19.0 Å². The van der Waals surface area contributed by atoms with Crippen molar-refractivity contribution in [2.45, 2.75) is 0 Å². The number of hydrogen-bond acceptors (Lipinski definition) is 0. The van der Waals surface area contributed by atoms with E-state index in [1.165, 1.54) is 0 Å². The molecule has 1 aromatic rings. The van der Waals surface area contributed by atoms with E-state index in [0.29, 0.717) is 0 Å². The summed E-state index contributed by atoms with van der Waals surface area (Å²) in [5.74, 6) is 1.03. The summed E-state index contributed by atoms with van der Waals surface area (Å²) in [6.07, 6.45) is 5.59. The van der Waals surface area contributed by atoms with Gasteiger partial charge in [0, 0.05) is 6.08 Å². The second kappa shape index (κ2) is 3.30. The average molecular weight is 145 g/mol. The average Bonchev–Trinajstić information content (AvgIpc) is 2.14. The Balaban J connectivity index is 0.000000640. The first kappa shape index (κ1) is 8.24. The second-order valence-electron chi connectivity index (χ2n) is 1.66. The van der Waals surface area contributed by atoms with Crippen molar-refractivity contribution in [3.63, 3.8) is 0 Å². The quantitative estimate of drug-likeness (QED) is 0.420. The van der Waals surface area contributed by atoms with E-state index in [-0.39, 0.29) is 12.4 Å². The zero-order chi connectivity index (χ0) is 5.98. The third kappa shape index (κ3) is 1.57. The summed E-state index contributed by atoms with van der Waals surface area (Å²) in [5.41, 5.74) is 0. The van der Waals surface area contributed by atoms with Gasteiger partial charge in [-0.2, -0.15) is 0 Å². The summed E-state index contributed by atoms with van der Waals surface area (Å²) in [6, 6.07) is 0. The minimum Gasteiger partial charge on any atom is -1.00 e. The SMILES string of the molecule is C=Cc1[nH]cc[n+]1C.[Cl-]. The Morgan fingerprint density at radius 1 is 1.78 bits per heavy atom. The van der Waals surface area contributed by atoms with Crippen LogP contribution in [0.5, 0.6) is 0 Å². The highest BCUT2D eigenvalue weighted by Crippen LogP contribution is 1.83. The summed E-state index contributed by atoms with van der Waals surface area (Å²) in [4.78, 5) is 3.00. The summed E-state index contributed by atoms with van der Waals surface area (Å²) in [5, 5.41) is 0. The molecule has 2 nitrogen and oxygen atoms in total. The number of aromatic amines is 1. The lowest BCUT2D eigenvalue weighted by molar-refractivity contribution is -0.671. The van der Waals surface area contributed by atoms with Gasteiger partial charge in [-0.3, -0.25) is 0 Å². The first-order valence-electron chi connectivity index (χ1n) is 2.50. The Kier molecular flexibility index (Phi) is 3.02. The Hall–Kier alpha value is -0.760. The van der Waals surface area contributed by atoms with Crippen molar-refractivity contribution in [2.75, 3.05) is 0 Å². The molecule has 0 spiro atoms. The van der Waals surface area contributed by atoms with Crippen molar-refractivity contribution < 1.29 is 17.0 Å². The number of halogens is 1. The lowest BCUT2D eigenvalue weighted by Crippen LogP contribution is -3.00. The molecule has 0 aliphatic rings. The number of aromatic nitrogens is 2. The molecule has 1 aromatic heterocycles. The van der Waals surface area contributed by atoms with Crippen molar-refractivity contribution in [2.24, 2.45) is 7.05 Å². The molecule has 0 fully saturated rings. The van der Waals surface area contributed by atoms with Crippen molar-refractivity contribution >= 4 is 6.08 Å². The summed E-state index contributed by atoms with van der Waals surface area (Å²) in [6.45, 7) is 3.61. The van der Waals surface area contributed by atoms with Crippen LogP contribution in [-0.2, 0) is 7.05 Å². The van der Waals surface area contributed by atoms with Gasteiger partial charge in [0.25, 0.3) is 5.82 Å². The van der Waals surface area contributed by atoms with E-state index in [2.05, 4.69) is 11.6 Å². The highest BCUT2D eigenvalue weighted by molar-refractivity contribution is 5.31. The summed E-state index contributed by atoms with van der Waals surface area (Å²) < 4.78 is 1.97. The van der Waals surface area contributed by atoms with E-state index < -0.39 is 0 Å². The van der Waals surface area contributed by atoms with Crippen LogP contribution in [0.2, 0.25) is 0 Å². The zero-order valence-electron chi connectivity index (χ0n) is 5.26. The van der Waals surface area contributed by atoms with Gasteiger partial charge in [0.2, 0.25) is 0 Å². The van der Waals surface area contributed by atoms with Crippen LogP contribution in [0, 0.1) is 0 Å². The number of nitrogens with zero attached hydrogens (tertiary/aromatic N) is 1. The molecular weight excluding hydrogens is 136 g/mol. The Morgan fingerprint density at radius 3 is 2.67 bits per heavy atom.